The molecule has 148 valence electrons. The molecule has 28 heavy (non-hydrogen) atoms. The van der Waals surface area contributed by atoms with Crippen LogP contribution in [0.3, 0.4) is 0 Å². The normalized spacial score (nSPS) is 12.3. The van der Waals surface area contributed by atoms with E-state index in [9.17, 15) is 4.79 Å². The van der Waals surface area contributed by atoms with Crippen LogP contribution in [0.2, 0.25) is 0 Å². The summed E-state index contributed by atoms with van der Waals surface area (Å²) < 4.78 is 1.76. The molecule has 1 aromatic carbocycles. The molecule has 3 rings (SSSR count). The Hall–Kier alpha value is -1.35. The standard InChI is InChI=1S/C20H23N3OS4/c1-13(2)16-8-6-15(7-9-16)12-26-19-22-23-20(28-19)27-14(3)18(24)21-11-17-5-4-10-25-17/h4-10,13-14H,11-12H2,1-3H3,(H,21,24). The fraction of sp³-hybridized carbons (Fsp3) is 0.350. The van der Waals surface area contributed by atoms with Gasteiger partial charge in [-0.1, -0.05) is 79.0 Å². The quantitative estimate of drug-likeness (QED) is 0.418. The van der Waals surface area contributed by atoms with Crippen LogP contribution in [0.5, 0.6) is 0 Å². The van der Waals surface area contributed by atoms with Crippen molar-refractivity contribution in [3.8, 4) is 0 Å². The van der Waals surface area contributed by atoms with Gasteiger partial charge in [-0.15, -0.1) is 21.5 Å². The molecule has 3 aromatic rings. The molecule has 0 bridgehead atoms. The summed E-state index contributed by atoms with van der Waals surface area (Å²) in [5, 5.41) is 13.3. The molecule has 0 aliphatic carbocycles. The first-order valence-corrected chi connectivity index (χ1v) is 12.6. The molecule has 2 heterocycles. The number of hydrogen-bond donors (Lipinski definition) is 1. The van der Waals surface area contributed by atoms with Gasteiger partial charge in [0, 0.05) is 10.6 Å². The van der Waals surface area contributed by atoms with E-state index in [0.717, 1.165) is 19.3 Å². The lowest BCUT2D eigenvalue weighted by molar-refractivity contribution is -0.120. The molecule has 2 aromatic heterocycles. The van der Waals surface area contributed by atoms with Gasteiger partial charge < -0.3 is 5.32 Å². The van der Waals surface area contributed by atoms with Crippen molar-refractivity contribution in [3.05, 3.63) is 57.8 Å². The third kappa shape index (κ3) is 6.34. The highest BCUT2D eigenvalue weighted by molar-refractivity contribution is 8.03. The Morgan fingerprint density at radius 1 is 1.11 bits per heavy atom. The average molecular weight is 450 g/mol. The number of hydrogen-bond acceptors (Lipinski definition) is 7. The fourth-order valence-electron chi connectivity index (χ4n) is 2.38. The van der Waals surface area contributed by atoms with E-state index in [1.54, 1.807) is 34.4 Å². The summed E-state index contributed by atoms with van der Waals surface area (Å²) in [6, 6.07) is 12.8. The monoisotopic (exact) mass is 449 g/mol. The van der Waals surface area contributed by atoms with Gasteiger partial charge >= 0.3 is 0 Å². The maximum atomic E-state index is 12.3. The van der Waals surface area contributed by atoms with Crippen molar-refractivity contribution in [1.29, 1.82) is 0 Å². The molecule has 1 unspecified atom stereocenters. The predicted molar refractivity (Wildman–Crippen MR) is 121 cm³/mol. The summed E-state index contributed by atoms with van der Waals surface area (Å²) in [7, 11) is 0. The van der Waals surface area contributed by atoms with E-state index in [2.05, 4.69) is 53.6 Å². The lowest BCUT2D eigenvalue weighted by atomic mass is 10.0. The third-order valence-electron chi connectivity index (χ3n) is 4.06. The van der Waals surface area contributed by atoms with Crippen LogP contribution in [0.1, 0.15) is 42.7 Å². The number of amides is 1. The van der Waals surface area contributed by atoms with Crippen molar-refractivity contribution >= 4 is 52.1 Å². The van der Waals surface area contributed by atoms with Crippen molar-refractivity contribution in [2.24, 2.45) is 0 Å². The van der Waals surface area contributed by atoms with Gasteiger partial charge in [-0.2, -0.15) is 0 Å². The van der Waals surface area contributed by atoms with Crippen LogP contribution in [0.4, 0.5) is 0 Å². The molecule has 0 fully saturated rings. The van der Waals surface area contributed by atoms with Gasteiger partial charge in [0.1, 0.15) is 0 Å². The highest BCUT2D eigenvalue weighted by atomic mass is 32.2. The number of nitrogens with one attached hydrogen (secondary N) is 1. The Morgan fingerprint density at radius 2 is 1.86 bits per heavy atom. The molecule has 0 spiro atoms. The van der Waals surface area contributed by atoms with Gasteiger partial charge in [-0.3, -0.25) is 4.79 Å². The molecule has 8 heteroatoms. The minimum Gasteiger partial charge on any atom is -0.350 e. The first-order valence-electron chi connectivity index (χ1n) is 9.03. The molecule has 0 aliphatic heterocycles. The highest BCUT2D eigenvalue weighted by Crippen LogP contribution is 2.33. The van der Waals surface area contributed by atoms with Crippen LogP contribution in [0, 0.1) is 0 Å². The molecule has 1 N–H and O–H groups in total. The smallest absolute Gasteiger partial charge is 0.233 e. The summed E-state index contributed by atoms with van der Waals surface area (Å²) in [5.41, 5.74) is 2.63. The Kier molecular flexibility index (Phi) is 7.96. The van der Waals surface area contributed by atoms with Crippen LogP contribution in [0.15, 0.2) is 50.5 Å². The first-order chi connectivity index (χ1) is 13.5. The van der Waals surface area contributed by atoms with Gasteiger partial charge in [0.15, 0.2) is 8.68 Å². The molecular formula is C20H23N3OS4. The lowest BCUT2D eigenvalue weighted by Crippen LogP contribution is -2.30. The molecular weight excluding hydrogens is 427 g/mol. The number of thiophene rings is 1. The van der Waals surface area contributed by atoms with Crippen LogP contribution in [-0.4, -0.2) is 21.4 Å². The fourth-order valence-corrected chi connectivity index (χ4v) is 6.17. The van der Waals surface area contributed by atoms with Crippen LogP contribution >= 0.6 is 46.2 Å². The van der Waals surface area contributed by atoms with Gasteiger partial charge in [0.05, 0.1) is 11.8 Å². The van der Waals surface area contributed by atoms with E-state index in [1.807, 2.05) is 24.4 Å². The van der Waals surface area contributed by atoms with E-state index >= 15 is 0 Å². The first kappa shape index (κ1) is 21.4. The van der Waals surface area contributed by atoms with Gasteiger partial charge in [0.2, 0.25) is 5.91 Å². The summed E-state index contributed by atoms with van der Waals surface area (Å²) in [6.07, 6.45) is 0. The Labute approximate surface area is 182 Å². The third-order valence-corrected chi connectivity index (χ3v) is 8.25. The molecule has 0 radical (unpaired) electrons. The maximum absolute atomic E-state index is 12.3. The SMILES string of the molecule is CC(Sc1nnc(SCc2ccc(C(C)C)cc2)s1)C(=O)NCc1cccs1. The van der Waals surface area contributed by atoms with Crippen LogP contribution in [-0.2, 0) is 17.1 Å². The summed E-state index contributed by atoms with van der Waals surface area (Å²) in [4.78, 5) is 13.4. The second-order valence-electron chi connectivity index (χ2n) is 6.58. The zero-order chi connectivity index (χ0) is 19.9. The number of thioether (sulfide) groups is 2. The minimum atomic E-state index is -0.200. The lowest BCUT2D eigenvalue weighted by Gasteiger charge is -2.09. The Morgan fingerprint density at radius 3 is 2.54 bits per heavy atom. The molecule has 4 nitrogen and oxygen atoms in total. The molecule has 0 saturated carbocycles. The van der Waals surface area contributed by atoms with E-state index in [1.165, 1.54) is 22.9 Å². The Balaban J connectivity index is 1.45. The highest BCUT2D eigenvalue weighted by Gasteiger charge is 2.17. The Bertz CT molecular complexity index is 875. The number of carbonyl (C=O) groups excluding carboxylic acids is 1. The van der Waals surface area contributed by atoms with Crippen molar-refractivity contribution < 1.29 is 4.79 Å². The second kappa shape index (κ2) is 10.4. The summed E-state index contributed by atoms with van der Waals surface area (Å²) in [5.74, 6) is 1.44. The van der Waals surface area contributed by atoms with Gasteiger partial charge in [0.25, 0.3) is 0 Å². The number of aromatic nitrogens is 2. The van der Waals surface area contributed by atoms with E-state index < -0.39 is 0 Å². The van der Waals surface area contributed by atoms with Crippen molar-refractivity contribution in [1.82, 2.24) is 15.5 Å². The molecule has 0 saturated heterocycles. The summed E-state index contributed by atoms with van der Waals surface area (Å²) in [6.45, 7) is 6.88. The number of carbonyl (C=O) groups is 1. The zero-order valence-electron chi connectivity index (χ0n) is 16.0. The van der Waals surface area contributed by atoms with Crippen LogP contribution in [0.25, 0.3) is 0 Å². The zero-order valence-corrected chi connectivity index (χ0v) is 19.3. The number of rotatable bonds is 9. The number of benzene rings is 1. The largest absolute Gasteiger partial charge is 0.350 e. The molecule has 0 aliphatic rings. The van der Waals surface area contributed by atoms with Crippen molar-refractivity contribution in [2.75, 3.05) is 0 Å². The second-order valence-corrected chi connectivity index (χ2v) is 11.4. The minimum absolute atomic E-state index is 0.0213. The van der Waals surface area contributed by atoms with Gasteiger partial charge in [-0.25, -0.2) is 0 Å². The van der Waals surface area contributed by atoms with Crippen molar-refractivity contribution in [2.45, 2.75) is 52.9 Å². The van der Waals surface area contributed by atoms with E-state index in [4.69, 9.17) is 0 Å². The van der Waals surface area contributed by atoms with Gasteiger partial charge in [-0.05, 0) is 35.4 Å². The average Bonchev–Trinajstić information content (AvgIpc) is 3.36. The summed E-state index contributed by atoms with van der Waals surface area (Å²) >= 11 is 6.34. The molecule has 1 atom stereocenters. The number of nitrogens with zero attached hydrogens (tertiary/aromatic N) is 2. The van der Waals surface area contributed by atoms with Crippen LogP contribution < -0.4 is 5.32 Å². The molecule has 1 amide bonds. The topological polar surface area (TPSA) is 54.9 Å². The predicted octanol–water partition coefficient (Wildman–Crippen LogP) is 5.81. The maximum Gasteiger partial charge on any atom is 0.233 e. The van der Waals surface area contributed by atoms with Crippen molar-refractivity contribution in [3.63, 3.8) is 0 Å². The van der Waals surface area contributed by atoms with E-state index in [-0.39, 0.29) is 11.2 Å². The van der Waals surface area contributed by atoms with E-state index in [0.29, 0.717) is 12.5 Å².